The molecule has 0 spiro atoms. The number of hydrogen-bond acceptors (Lipinski definition) is 3. The van der Waals surface area contributed by atoms with Crippen molar-refractivity contribution in [3.63, 3.8) is 0 Å². The van der Waals surface area contributed by atoms with E-state index in [0.29, 0.717) is 17.1 Å². The summed E-state index contributed by atoms with van der Waals surface area (Å²) in [6.07, 6.45) is 3.71. The lowest BCUT2D eigenvalue weighted by Gasteiger charge is -2.34. The molecule has 2 rings (SSSR count). The van der Waals surface area contributed by atoms with Crippen LogP contribution in [0.5, 0.6) is 0 Å². The fourth-order valence-corrected chi connectivity index (χ4v) is 3.33. The van der Waals surface area contributed by atoms with E-state index < -0.39 is 5.60 Å². The molecule has 1 aliphatic rings. The SMILES string of the molecule is CSc1ccc(Cl)c(C(=O)N2CCCC2C(C)(C)O)c1. The summed E-state index contributed by atoms with van der Waals surface area (Å²) in [5.41, 5.74) is -0.370. The summed E-state index contributed by atoms with van der Waals surface area (Å²) < 4.78 is 0. The molecule has 1 unspecified atom stereocenters. The number of likely N-dealkylation sites (tertiary alicyclic amines) is 1. The molecule has 20 heavy (non-hydrogen) atoms. The van der Waals surface area contributed by atoms with Crippen LogP contribution in [0.2, 0.25) is 5.02 Å². The Morgan fingerprint density at radius 3 is 2.80 bits per heavy atom. The molecule has 1 aromatic carbocycles. The van der Waals surface area contributed by atoms with Crippen LogP contribution in [0, 0.1) is 0 Å². The van der Waals surface area contributed by atoms with Gasteiger partial charge in [-0.1, -0.05) is 11.6 Å². The van der Waals surface area contributed by atoms with Gasteiger partial charge in [0.15, 0.2) is 0 Å². The van der Waals surface area contributed by atoms with Crippen molar-refractivity contribution in [1.29, 1.82) is 0 Å². The predicted octanol–water partition coefficient (Wildman–Crippen LogP) is 3.44. The fourth-order valence-electron chi connectivity index (χ4n) is 2.69. The third-order valence-electron chi connectivity index (χ3n) is 3.73. The van der Waals surface area contributed by atoms with Gasteiger partial charge in [-0.05, 0) is 51.1 Å². The van der Waals surface area contributed by atoms with Gasteiger partial charge in [0, 0.05) is 11.4 Å². The molecule has 1 atom stereocenters. The van der Waals surface area contributed by atoms with Crippen LogP contribution in [0.4, 0.5) is 0 Å². The number of thioether (sulfide) groups is 1. The van der Waals surface area contributed by atoms with Crippen molar-refractivity contribution in [2.24, 2.45) is 0 Å². The van der Waals surface area contributed by atoms with Crippen LogP contribution >= 0.6 is 23.4 Å². The minimum atomic E-state index is -0.893. The molecular weight excluding hydrogens is 294 g/mol. The van der Waals surface area contributed by atoms with Gasteiger partial charge in [-0.3, -0.25) is 4.79 Å². The zero-order chi connectivity index (χ0) is 14.9. The van der Waals surface area contributed by atoms with E-state index in [1.807, 2.05) is 18.4 Å². The second-order valence-corrected chi connectivity index (χ2v) is 6.94. The highest BCUT2D eigenvalue weighted by Crippen LogP contribution is 2.31. The second-order valence-electron chi connectivity index (χ2n) is 5.66. The summed E-state index contributed by atoms with van der Waals surface area (Å²) in [6.45, 7) is 4.18. The molecule has 5 heteroatoms. The highest BCUT2D eigenvalue weighted by molar-refractivity contribution is 7.98. The smallest absolute Gasteiger partial charge is 0.255 e. The third-order valence-corrected chi connectivity index (χ3v) is 4.79. The monoisotopic (exact) mass is 313 g/mol. The van der Waals surface area contributed by atoms with Crippen LogP contribution in [-0.4, -0.2) is 40.4 Å². The van der Waals surface area contributed by atoms with E-state index in [1.54, 1.807) is 36.6 Å². The summed E-state index contributed by atoms with van der Waals surface area (Å²) in [5.74, 6) is -0.0875. The van der Waals surface area contributed by atoms with Crippen LogP contribution in [0.15, 0.2) is 23.1 Å². The van der Waals surface area contributed by atoms with Gasteiger partial charge in [-0.25, -0.2) is 0 Å². The molecule has 0 aliphatic carbocycles. The number of aliphatic hydroxyl groups is 1. The Morgan fingerprint density at radius 2 is 2.20 bits per heavy atom. The summed E-state index contributed by atoms with van der Waals surface area (Å²) >= 11 is 7.75. The molecule has 1 aliphatic heterocycles. The van der Waals surface area contributed by atoms with Crippen molar-refractivity contribution < 1.29 is 9.90 Å². The molecule has 110 valence electrons. The van der Waals surface area contributed by atoms with Crippen molar-refractivity contribution in [2.45, 2.75) is 43.2 Å². The number of amides is 1. The first-order valence-corrected chi connectivity index (χ1v) is 8.31. The average Bonchev–Trinajstić information content (AvgIpc) is 2.87. The second kappa shape index (κ2) is 5.96. The van der Waals surface area contributed by atoms with Gasteiger partial charge >= 0.3 is 0 Å². The van der Waals surface area contributed by atoms with Crippen LogP contribution < -0.4 is 0 Å². The van der Waals surface area contributed by atoms with Gasteiger partial charge in [0.05, 0.1) is 22.2 Å². The molecule has 0 radical (unpaired) electrons. The summed E-state index contributed by atoms with van der Waals surface area (Å²) in [4.78, 5) is 15.5. The highest BCUT2D eigenvalue weighted by atomic mass is 35.5. The third kappa shape index (κ3) is 3.13. The molecule has 1 aromatic rings. The van der Waals surface area contributed by atoms with Crippen LogP contribution in [0.25, 0.3) is 0 Å². The number of carbonyl (C=O) groups excluding carboxylic acids is 1. The zero-order valence-electron chi connectivity index (χ0n) is 12.0. The molecule has 1 N–H and O–H groups in total. The molecular formula is C15H20ClNO2S. The zero-order valence-corrected chi connectivity index (χ0v) is 13.6. The minimum absolute atomic E-state index is 0.0875. The number of benzene rings is 1. The van der Waals surface area contributed by atoms with Gasteiger partial charge in [0.2, 0.25) is 0 Å². The molecule has 3 nitrogen and oxygen atoms in total. The first-order chi connectivity index (χ1) is 9.34. The maximum Gasteiger partial charge on any atom is 0.255 e. The topological polar surface area (TPSA) is 40.5 Å². The molecule has 1 saturated heterocycles. The van der Waals surface area contributed by atoms with Gasteiger partial charge in [0.1, 0.15) is 0 Å². The van der Waals surface area contributed by atoms with Crippen LogP contribution in [0.1, 0.15) is 37.0 Å². The largest absolute Gasteiger partial charge is 0.388 e. The molecule has 1 amide bonds. The molecule has 1 heterocycles. The van der Waals surface area contributed by atoms with Crippen molar-refractivity contribution in [3.8, 4) is 0 Å². The number of carbonyl (C=O) groups is 1. The Morgan fingerprint density at radius 1 is 1.50 bits per heavy atom. The summed E-state index contributed by atoms with van der Waals surface area (Å²) in [5, 5.41) is 10.7. The van der Waals surface area contributed by atoms with Crippen LogP contribution in [-0.2, 0) is 0 Å². The van der Waals surface area contributed by atoms with Crippen molar-refractivity contribution in [2.75, 3.05) is 12.8 Å². The predicted molar refractivity (Wildman–Crippen MR) is 83.6 cm³/mol. The van der Waals surface area contributed by atoms with Gasteiger partial charge in [-0.2, -0.15) is 0 Å². The van der Waals surface area contributed by atoms with E-state index in [2.05, 4.69) is 0 Å². The first-order valence-electron chi connectivity index (χ1n) is 6.71. The summed E-state index contributed by atoms with van der Waals surface area (Å²) in [7, 11) is 0. The fraction of sp³-hybridized carbons (Fsp3) is 0.533. The minimum Gasteiger partial charge on any atom is -0.388 e. The quantitative estimate of drug-likeness (QED) is 0.869. The maximum absolute atomic E-state index is 12.7. The van der Waals surface area contributed by atoms with E-state index >= 15 is 0 Å². The van der Waals surface area contributed by atoms with Gasteiger partial charge in [-0.15, -0.1) is 11.8 Å². The average molecular weight is 314 g/mol. The molecule has 1 fully saturated rings. The maximum atomic E-state index is 12.7. The highest BCUT2D eigenvalue weighted by Gasteiger charge is 2.39. The van der Waals surface area contributed by atoms with Gasteiger partial charge < -0.3 is 10.0 Å². The number of rotatable bonds is 3. The van der Waals surface area contributed by atoms with Crippen molar-refractivity contribution >= 4 is 29.3 Å². The van der Waals surface area contributed by atoms with Crippen molar-refractivity contribution in [3.05, 3.63) is 28.8 Å². The van der Waals surface area contributed by atoms with Crippen molar-refractivity contribution in [1.82, 2.24) is 4.90 Å². The van der Waals surface area contributed by atoms with Gasteiger partial charge in [0.25, 0.3) is 5.91 Å². The standard InChI is InChI=1S/C15H20ClNO2S/c1-15(2,19)13-5-4-8-17(13)14(18)11-9-10(20-3)6-7-12(11)16/h6-7,9,13,19H,4-5,8H2,1-3H3. The number of halogens is 1. The lowest BCUT2D eigenvalue weighted by Crippen LogP contribution is -2.48. The van der Waals surface area contributed by atoms with E-state index in [9.17, 15) is 9.90 Å². The Hall–Kier alpha value is -0.710. The van der Waals surface area contributed by atoms with E-state index in [0.717, 1.165) is 17.7 Å². The van der Waals surface area contributed by atoms with Crippen LogP contribution in [0.3, 0.4) is 0 Å². The molecule has 0 bridgehead atoms. The lowest BCUT2D eigenvalue weighted by molar-refractivity contribution is 0.000331. The Labute approximate surface area is 129 Å². The normalized spacial score (nSPS) is 19.4. The Bertz CT molecular complexity index is 513. The first kappa shape index (κ1) is 15.7. The Kier molecular flexibility index (Phi) is 4.67. The van der Waals surface area contributed by atoms with E-state index in [-0.39, 0.29) is 11.9 Å². The number of hydrogen-bond donors (Lipinski definition) is 1. The number of nitrogens with zero attached hydrogens (tertiary/aromatic N) is 1. The van der Waals surface area contributed by atoms with E-state index in [1.165, 1.54) is 0 Å². The lowest BCUT2D eigenvalue weighted by atomic mass is 9.96. The molecule has 0 aromatic heterocycles. The Balaban J connectivity index is 2.31. The summed E-state index contributed by atoms with van der Waals surface area (Å²) in [6, 6.07) is 5.34. The molecule has 0 saturated carbocycles. The van der Waals surface area contributed by atoms with E-state index in [4.69, 9.17) is 11.6 Å².